The average molecular weight is 478 g/mol. The van der Waals surface area contributed by atoms with Crippen molar-refractivity contribution in [3.05, 3.63) is 68.6 Å². The Balaban J connectivity index is 1.68. The summed E-state index contributed by atoms with van der Waals surface area (Å²) in [4.78, 5) is 8.83. The summed E-state index contributed by atoms with van der Waals surface area (Å²) in [5, 5.41) is 20.2. The van der Waals surface area contributed by atoms with Crippen LogP contribution in [0.15, 0.2) is 62.4 Å². The van der Waals surface area contributed by atoms with Crippen molar-refractivity contribution in [2.45, 2.75) is 0 Å². The number of benzene rings is 3. The van der Waals surface area contributed by atoms with Gasteiger partial charge in [0, 0.05) is 22.4 Å². The molecule has 0 aliphatic carbocycles. The molecule has 0 spiro atoms. The van der Waals surface area contributed by atoms with Crippen LogP contribution >= 0.6 is 39.1 Å². The maximum atomic E-state index is 10.0. The Bertz CT molecular complexity index is 1240. The van der Waals surface area contributed by atoms with Crippen molar-refractivity contribution in [2.75, 3.05) is 0 Å². The summed E-state index contributed by atoms with van der Waals surface area (Å²) >= 11 is 15.2. The third-order valence-corrected chi connectivity index (χ3v) is 5.12. The van der Waals surface area contributed by atoms with Crippen LogP contribution in [0.25, 0.3) is 22.6 Å². The molecule has 3 aromatic carbocycles. The molecule has 0 fully saturated rings. The third kappa shape index (κ3) is 3.71. The molecule has 0 bridgehead atoms. The van der Waals surface area contributed by atoms with Crippen molar-refractivity contribution in [3.63, 3.8) is 0 Å². The van der Waals surface area contributed by atoms with Gasteiger partial charge in [-0.3, -0.25) is 4.99 Å². The van der Waals surface area contributed by atoms with Crippen LogP contribution in [0.3, 0.4) is 0 Å². The maximum Gasteiger partial charge on any atom is 0.227 e. The first-order valence-corrected chi connectivity index (χ1v) is 9.57. The van der Waals surface area contributed by atoms with Crippen LogP contribution < -0.4 is 0 Å². The molecule has 1 heterocycles. The van der Waals surface area contributed by atoms with Crippen molar-refractivity contribution in [1.82, 2.24) is 4.98 Å². The fourth-order valence-corrected chi connectivity index (χ4v) is 3.48. The molecule has 8 heteroatoms. The van der Waals surface area contributed by atoms with E-state index >= 15 is 0 Å². The van der Waals surface area contributed by atoms with Gasteiger partial charge in [0.25, 0.3) is 0 Å². The lowest BCUT2D eigenvalue weighted by atomic mass is 10.2. The van der Waals surface area contributed by atoms with E-state index in [4.69, 9.17) is 27.6 Å². The molecular formula is C20H11BrCl2N2O3. The lowest BCUT2D eigenvalue weighted by Crippen LogP contribution is -1.84. The Kier molecular flexibility index (Phi) is 5.02. The zero-order valence-corrected chi connectivity index (χ0v) is 17.1. The first kappa shape index (κ1) is 18.8. The fourth-order valence-electron chi connectivity index (χ4n) is 2.59. The molecule has 28 heavy (non-hydrogen) atoms. The number of nitrogens with zero attached hydrogens (tertiary/aromatic N) is 2. The van der Waals surface area contributed by atoms with Crippen molar-refractivity contribution >= 4 is 62.1 Å². The number of aliphatic imine (C=N–C) groups is 1. The smallest absolute Gasteiger partial charge is 0.227 e. The molecule has 5 nitrogen and oxygen atoms in total. The van der Waals surface area contributed by atoms with E-state index in [2.05, 4.69) is 25.9 Å². The number of aromatic hydroxyl groups is 2. The molecule has 0 saturated carbocycles. The van der Waals surface area contributed by atoms with E-state index in [0.717, 1.165) is 5.56 Å². The summed E-state index contributed by atoms with van der Waals surface area (Å²) in [6, 6.07) is 13.3. The quantitative estimate of drug-likeness (QED) is 0.321. The Morgan fingerprint density at radius 2 is 1.86 bits per heavy atom. The summed E-state index contributed by atoms with van der Waals surface area (Å²) in [6.45, 7) is 0. The van der Waals surface area contributed by atoms with E-state index in [9.17, 15) is 10.2 Å². The molecule has 0 atom stereocenters. The van der Waals surface area contributed by atoms with E-state index in [1.54, 1.807) is 42.5 Å². The van der Waals surface area contributed by atoms with Crippen LogP contribution in [0.1, 0.15) is 5.56 Å². The molecule has 1 aromatic heterocycles. The highest BCUT2D eigenvalue weighted by Crippen LogP contribution is 2.33. The number of fused-ring (bicyclic) bond motifs is 1. The minimum atomic E-state index is -0.0856. The molecule has 0 amide bonds. The van der Waals surface area contributed by atoms with Gasteiger partial charge in [0.05, 0.1) is 15.2 Å². The lowest BCUT2D eigenvalue weighted by molar-refractivity contribution is 0.472. The number of hydrogen-bond acceptors (Lipinski definition) is 5. The molecule has 0 radical (unpaired) electrons. The Morgan fingerprint density at radius 1 is 1.04 bits per heavy atom. The van der Waals surface area contributed by atoms with Gasteiger partial charge >= 0.3 is 0 Å². The second-order valence-corrected chi connectivity index (χ2v) is 7.62. The van der Waals surface area contributed by atoms with Gasteiger partial charge < -0.3 is 14.6 Å². The number of halogens is 3. The van der Waals surface area contributed by atoms with Gasteiger partial charge in [-0.05, 0) is 64.5 Å². The molecule has 0 unspecified atom stereocenters. The van der Waals surface area contributed by atoms with Crippen LogP contribution in [0.5, 0.6) is 11.5 Å². The van der Waals surface area contributed by atoms with Crippen molar-refractivity contribution < 1.29 is 14.6 Å². The normalized spacial score (nSPS) is 11.5. The number of hydrogen-bond donors (Lipinski definition) is 2. The molecular weight excluding hydrogens is 467 g/mol. The molecule has 0 aliphatic heterocycles. The Labute approximate surface area is 178 Å². The van der Waals surface area contributed by atoms with Crippen LogP contribution in [0.4, 0.5) is 5.69 Å². The van der Waals surface area contributed by atoms with E-state index < -0.39 is 0 Å². The van der Waals surface area contributed by atoms with Gasteiger partial charge in [0.1, 0.15) is 17.0 Å². The maximum absolute atomic E-state index is 10.0. The first-order valence-electron chi connectivity index (χ1n) is 8.02. The van der Waals surface area contributed by atoms with E-state index in [0.29, 0.717) is 37.7 Å². The predicted molar refractivity (Wildman–Crippen MR) is 114 cm³/mol. The summed E-state index contributed by atoms with van der Waals surface area (Å²) < 4.78 is 6.33. The topological polar surface area (TPSA) is 78.9 Å². The highest BCUT2D eigenvalue weighted by molar-refractivity contribution is 9.10. The molecule has 2 N–H and O–H groups in total. The molecule has 140 valence electrons. The van der Waals surface area contributed by atoms with Crippen LogP contribution in [0.2, 0.25) is 10.0 Å². The largest absolute Gasteiger partial charge is 0.507 e. The second kappa shape index (κ2) is 7.47. The van der Waals surface area contributed by atoms with Crippen LogP contribution in [0, 0.1) is 0 Å². The minimum absolute atomic E-state index is 0.0856. The molecule has 0 aliphatic rings. The van der Waals surface area contributed by atoms with Crippen LogP contribution in [-0.4, -0.2) is 21.4 Å². The van der Waals surface area contributed by atoms with Gasteiger partial charge in [-0.25, -0.2) is 4.98 Å². The first-order chi connectivity index (χ1) is 13.4. The summed E-state index contributed by atoms with van der Waals surface area (Å²) in [6.07, 6.45) is 1.48. The summed E-state index contributed by atoms with van der Waals surface area (Å²) in [7, 11) is 0. The van der Waals surface area contributed by atoms with Gasteiger partial charge in [0.15, 0.2) is 5.58 Å². The minimum Gasteiger partial charge on any atom is -0.507 e. The van der Waals surface area contributed by atoms with Gasteiger partial charge in [0.2, 0.25) is 5.89 Å². The van der Waals surface area contributed by atoms with Crippen LogP contribution in [-0.2, 0) is 0 Å². The standard InChI is InChI=1S/C20H11BrCl2N2O3/c21-14-6-10(1-3-17(14)26)20-25-16-8-13(2-4-18(16)28-20)24-9-11-5-12(22)7-15(23)19(11)27/h1-9,26-27H. The molecule has 4 rings (SSSR count). The highest BCUT2D eigenvalue weighted by Gasteiger charge is 2.11. The lowest BCUT2D eigenvalue weighted by Gasteiger charge is -2.02. The zero-order valence-electron chi connectivity index (χ0n) is 14.0. The number of rotatable bonds is 3. The Hall–Kier alpha value is -2.54. The number of phenols is 2. The highest BCUT2D eigenvalue weighted by atomic mass is 79.9. The fraction of sp³-hybridized carbons (Fsp3) is 0. The van der Waals surface area contributed by atoms with E-state index in [1.165, 1.54) is 12.3 Å². The predicted octanol–water partition coefficient (Wildman–Crippen LogP) is 6.73. The second-order valence-electron chi connectivity index (χ2n) is 5.92. The number of oxazole rings is 1. The van der Waals surface area contributed by atoms with E-state index in [1.807, 2.05) is 0 Å². The molecule has 0 saturated heterocycles. The summed E-state index contributed by atoms with van der Waals surface area (Å²) in [5.74, 6) is 0.481. The summed E-state index contributed by atoms with van der Waals surface area (Å²) in [5.41, 5.74) is 2.99. The Morgan fingerprint density at radius 3 is 2.64 bits per heavy atom. The third-order valence-electron chi connectivity index (χ3n) is 3.98. The molecule has 4 aromatic rings. The van der Waals surface area contributed by atoms with Gasteiger partial charge in [-0.2, -0.15) is 0 Å². The average Bonchev–Trinajstić information content (AvgIpc) is 3.09. The zero-order chi connectivity index (χ0) is 19.8. The van der Waals surface area contributed by atoms with Gasteiger partial charge in [-0.1, -0.05) is 23.2 Å². The van der Waals surface area contributed by atoms with Gasteiger partial charge in [-0.15, -0.1) is 0 Å². The monoisotopic (exact) mass is 476 g/mol. The number of aromatic nitrogens is 1. The van der Waals surface area contributed by atoms with Crippen molar-refractivity contribution in [3.8, 4) is 23.0 Å². The SMILES string of the molecule is Oc1ccc(-c2nc3cc(N=Cc4cc(Cl)cc(Cl)c4O)ccc3o2)cc1Br. The van der Waals surface area contributed by atoms with Crippen molar-refractivity contribution in [1.29, 1.82) is 0 Å². The van der Waals surface area contributed by atoms with E-state index in [-0.39, 0.29) is 16.5 Å². The van der Waals surface area contributed by atoms with Crippen molar-refractivity contribution in [2.24, 2.45) is 4.99 Å². The number of phenolic OH excluding ortho intramolecular Hbond substituents is 2.